The molecule has 2 heterocycles. The van der Waals surface area contributed by atoms with Crippen LogP contribution < -0.4 is 15.4 Å². The number of hydrogen-bond acceptors (Lipinski definition) is 5. The number of sulfonamides is 1. The maximum Gasteiger partial charge on any atom is 0.243 e. The first-order chi connectivity index (χ1) is 10.9. The summed E-state index contributed by atoms with van der Waals surface area (Å²) in [5, 5.41) is 0. The molecule has 0 aromatic heterocycles. The summed E-state index contributed by atoms with van der Waals surface area (Å²) in [6.07, 6.45) is 0.949. The molecule has 0 spiro atoms. The van der Waals surface area contributed by atoms with Gasteiger partial charge in [-0.15, -0.1) is 0 Å². The van der Waals surface area contributed by atoms with Crippen molar-refractivity contribution in [2.75, 3.05) is 38.2 Å². The molecule has 2 aliphatic rings. The Balaban J connectivity index is 1.83. The van der Waals surface area contributed by atoms with Crippen molar-refractivity contribution in [3.63, 3.8) is 0 Å². The van der Waals surface area contributed by atoms with Gasteiger partial charge in [0, 0.05) is 26.1 Å². The van der Waals surface area contributed by atoms with E-state index in [0.29, 0.717) is 38.3 Å². The fraction of sp³-hybridized carbons (Fsp3) is 0.533. The first kappa shape index (κ1) is 16.1. The molecule has 0 unspecified atom stereocenters. The Morgan fingerprint density at radius 1 is 1.26 bits per heavy atom. The van der Waals surface area contributed by atoms with Crippen LogP contribution in [0.5, 0.6) is 5.75 Å². The van der Waals surface area contributed by atoms with Crippen molar-refractivity contribution in [1.82, 2.24) is 4.31 Å². The third kappa shape index (κ3) is 3.00. The molecule has 1 amide bonds. The molecule has 126 valence electrons. The van der Waals surface area contributed by atoms with Crippen molar-refractivity contribution in [3.8, 4) is 5.75 Å². The van der Waals surface area contributed by atoms with Gasteiger partial charge in [0.15, 0.2) is 0 Å². The second-order valence-corrected chi connectivity index (χ2v) is 7.92. The van der Waals surface area contributed by atoms with E-state index in [0.717, 1.165) is 12.2 Å². The van der Waals surface area contributed by atoms with Crippen LogP contribution in [0.15, 0.2) is 23.1 Å². The van der Waals surface area contributed by atoms with E-state index in [9.17, 15) is 13.2 Å². The number of hydrogen-bond donors (Lipinski definition) is 1. The van der Waals surface area contributed by atoms with Crippen molar-refractivity contribution in [1.29, 1.82) is 0 Å². The molecule has 2 N–H and O–H groups in total. The summed E-state index contributed by atoms with van der Waals surface area (Å²) in [6.45, 7) is 1.95. The number of benzene rings is 1. The van der Waals surface area contributed by atoms with E-state index in [1.807, 2.05) is 11.9 Å². The highest BCUT2D eigenvalue weighted by atomic mass is 32.2. The quantitative estimate of drug-likeness (QED) is 0.860. The monoisotopic (exact) mass is 339 g/mol. The Labute approximate surface area is 136 Å². The van der Waals surface area contributed by atoms with Crippen LogP contribution in [0.4, 0.5) is 5.69 Å². The van der Waals surface area contributed by atoms with E-state index in [2.05, 4.69) is 0 Å². The summed E-state index contributed by atoms with van der Waals surface area (Å²) in [5.41, 5.74) is 6.08. The highest BCUT2D eigenvalue weighted by Gasteiger charge is 2.32. The molecule has 3 rings (SSSR count). The summed E-state index contributed by atoms with van der Waals surface area (Å²) in [5.74, 6) is 0.115. The lowest BCUT2D eigenvalue weighted by Gasteiger charge is -2.31. The number of carbonyl (C=O) groups is 1. The van der Waals surface area contributed by atoms with E-state index in [4.69, 9.17) is 10.5 Å². The molecule has 1 aromatic carbocycles. The normalized spacial score (nSPS) is 20.0. The van der Waals surface area contributed by atoms with Gasteiger partial charge in [-0.2, -0.15) is 4.31 Å². The third-order valence-corrected chi connectivity index (χ3v) is 6.41. The molecule has 0 saturated carbocycles. The van der Waals surface area contributed by atoms with Crippen LogP contribution in [0.2, 0.25) is 0 Å². The highest BCUT2D eigenvalue weighted by Crippen LogP contribution is 2.34. The minimum absolute atomic E-state index is 0.232. The molecule has 1 aromatic rings. The molecule has 0 atom stereocenters. The molecule has 1 fully saturated rings. The minimum Gasteiger partial charge on any atom is -0.490 e. The van der Waals surface area contributed by atoms with Gasteiger partial charge in [-0.3, -0.25) is 4.79 Å². The zero-order valence-electron chi connectivity index (χ0n) is 13.1. The zero-order chi connectivity index (χ0) is 16.6. The number of carbonyl (C=O) groups excluding carboxylic acids is 1. The molecule has 8 heteroatoms. The molecule has 1 saturated heterocycles. The van der Waals surface area contributed by atoms with Crippen LogP contribution in [-0.2, 0) is 14.8 Å². The summed E-state index contributed by atoms with van der Waals surface area (Å²) >= 11 is 0. The molecule has 0 bridgehead atoms. The van der Waals surface area contributed by atoms with Gasteiger partial charge in [-0.1, -0.05) is 0 Å². The van der Waals surface area contributed by atoms with Gasteiger partial charge in [0.2, 0.25) is 15.9 Å². The molecule has 0 radical (unpaired) electrons. The summed E-state index contributed by atoms with van der Waals surface area (Å²) < 4.78 is 32.6. The van der Waals surface area contributed by atoms with Crippen molar-refractivity contribution in [3.05, 3.63) is 18.2 Å². The van der Waals surface area contributed by atoms with Gasteiger partial charge < -0.3 is 15.4 Å². The maximum atomic E-state index is 12.8. The molecule has 23 heavy (non-hydrogen) atoms. The van der Waals surface area contributed by atoms with Crippen molar-refractivity contribution < 1.29 is 17.9 Å². The predicted octanol–water partition coefficient (Wildman–Crippen LogP) is 0.401. The number of piperidine rings is 1. The number of fused-ring (bicyclic) bond motifs is 1. The van der Waals surface area contributed by atoms with Crippen LogP contribution in [0, 0.1) is 5.92 Å². The summed E-state index contributed by atoms with van der Waals surface area (Å²) in [4.78, 5) is 13.5. The zero-order valence-corrected chi connectivity index (χ0v) is 13.9. The van der Waals surface area contributed by atoms with Gasteiger partial charge in [0.25, 0.3) is 0 Å². The van der Waals surface area contributed by atoms with E-state index in [1.54, 1.807) is 18.2 Å². The Morgan fingerprint density at radius 2 is 1.96 bits per heavy atom. The van der Waals surface area contributed by atoms with Crippen molar-refractivity contribution >= 4 is 21.6 Å². The van der Waals surface area contributed by atoms with Crippen LogP contribution >= 0.6 is 0 Å². The number of likely N-dealkylation sites (N-methyl/N-ethyl adjacent to an activating group) is 1. The average molecular weight is 339 g/mol. The summed E-state index contributed by atoms with van der Waals surface area (Å²) in [6, 6.07) is 4.94. The molecular formula is C15H21N3O4S. The van der Waals surface area contributed by atoms with Crippen LogP contribution in [-0.4, -0.2) is 51.9 Å². The number of amides is 1. The first-order valence-corrected chi connectivity index (χ1v) is 9.11. The SMILES string of the molecule is CN1CCOc2ccc(S(=O)(=O)N3CCC(C(N)=O)CC3)cc21. The van der Waals surface area contributed by atoms with E-state index < -0.39 is 10.0 Å². The number of nitrogens with zero attached hydrogens (tertiary/aromatic N) is 2. The fourth-order valence-corrected chi connectivity index (χ4v) is 4.51. The summed E-state index contributed by atoms with van der Waals surface area (Å²) in [7, 11) is -1.66. The Bertz CT molecular complexity index is 711. The van der Waals surface area contributed by atoms with E-state index in [1.165, 1.54) is 4.31 Å². The third-order valence-electron chi connectivity index (χ3n) is 4.52. The van der Waals surface area contributed by atoms with Crippen molar-refractivity contribution in [2.24, 2.45) is 11.7 Å². The number of primary amides is 1. The van der Waals surface area contributed by atoms with E-state index in [-0.39, 0.29) is 16.7 Å². The maximum absolute atomic E-state index is 12.8. The van der Waals surface area contributed by atoms with E-state index >= 15 is 0 Å². The fourth-order valence-electron chi connectivity index (χ4n) is 3.02. The lowest BCUT2D eigenvalue weighted by molar-refractivity contribution is -0.122. The molecule has 0 aliphatic carbocycles. The number of nitrogens with two attached hydrogens (primary N) is 1. The Kier molecular flexibility index (Phi) is 4.20. The van der Waals surface area contributed by atoms with Crippen LogP contribution in [0.1, 0.15) is 12.8 Å². The smallest absolute Gasteiger partial charge is 0.243 e. The number of rotatable bonds is 3. The second kappa shape index (κ2) is 6.01. The van der Waals surface area contributed by atoms with Gasteiger partial charge in [0.05, 0.1) is 17.1 Å². The lowest BCUT2D eigenvalue weighted by Crippen LogP contribution is -2.41. The van der Waals surface area contributed by atoms with Crippen LogP contribution in [0.3, 0.4) is 0 Å². The van der Waals surface area contributed by atoms with Gasteiger partial charge >= 0.3 is 0 Å². The topological polar surface area (TPSA) is 92.9 Å². The van der Waals surface area contributed by atoms with Crippen LogP contribution in [0.25, 0.3) is 0 Å². The van der Waals surface area contributed by atoms with Gasteiger partial charge in [-0.25, -0.2) is 8.42 Å². The largest absolute Gasteiger partial charge is 0.490 e. The highest BCUT2D eigenvalue weighted by molar-refractivity contribution is 7.89. The average Bonchev–Trinajstić information content (AvgIpc) is 2.55. The van der Waals surface area contributed by atoms with Gasteiger partial charge in [-0.05, 0) is 31.0 Å². The molecular weight excluding hydrogens is 318 g/mol. The minimum atomic E-state index is -3.57. The molecule has 2 aliphatic heterocycles. The second-order valence-electron chi connectivity index (χ2n) is 5.98. The predicted molar refractivity (Wildman–Crippen MR) is 85.9 cm³/mol. The molecule has 7 nitrogen and oxygen atoms in total. The Hall–Kier alpha value is -1.80. The number of ether oxygens (including phenoxy) is 1. The first-order valence-electron chi connectivity index (χ1n) is 7.67. The number of anilines is 1. The van der Waals surface area contributed by atoms with Crippen molar-refractivity contribution in [2.45, 2.75) is 17.7 Å². The lowest BCUT2D eigenvalue weighted by atomic mass is 9.98. The standard InChI is InChI=1S/C15H21N3O4S/c1-17-8-9-22-14-3-2-12(10-13(14)17)23(20,21)18-6-4-11(5-7-18)15(16)19/h2-3,10-11H,4-9H2,1H3,(H2,16,19). The van der Waals surface area contributed by atoms with Gasteiger partial charge in [0.1, 0.15) is 12.4 Å². The Morgan fingerprint density at radius 3 is 2.61 bits per heavy atom.